The number of carbonyl (C=O) groups excluding carboxylic acids is 2. The molecule has 3 aromatic carbocycles. The number of halogens is 1. The van der Waals surface area contributed by atoms with E-state index in [-0.39, 0.29) is 33.8 Å². The van der Waals surface area contributed by atoms with Crippen molar-refractivity contribution in [2.45, 2.75) is 57.6 Å². The van der Waals surface area contributed by atoms with Gasteiger partial charge in [-0.05, 0) is 70.5 Å². The molecule has 3 rings (SSSR count). The molecule has 1 unspecified atom stereocenters. The highest BCUT2D eigenvalue weighted by atomic mass is 35.5. The summed E-state index contributed by atoms with van der Waals surface area (Å²) in [5, 5.41) is 3.18. The lowest BCUT2D eigenvalue weighted by atomic mass is 10.1. The van der Waals surface area contributed by atoms with Crippen LogP contribution >= 0.6 is 11.6 Å². The Labute approximate surface area is 241 Å². The van der Waals surface area contributed by atoms with Gasteiger partial charge in [-0.3, -0.25) is 13.9 Å². The van der Waals surface area contributed by atoms with Crippen molar-refractivity contribution in [3.05, 3.63) is 88.9 Å². The topological polar surface area (TPSA) is 96.0 Å². The van der Waals surface area contributed by atoms with Gasteiger partial charge in [0.2, 0.25) is 11.8 Å². The summed E-state index contributed by atoms with van der Waals surface area (Å²) in [5.41, 5.74) is 1.43. The minimum absolute atomic E-state index is 0.00608. The van der Waals surface area contributed by atoms with Crippen molar-refractivity contribution in [2.24, 2.45) is 0 Å². The second kappa shape index (κ2) is 12.7. The van der Waals surface area contributed by atoms with Gasteiger partial charge in [-0.25, -0.2) is 8.42 Å². The second-order valence-corrected chi connectivity index (χ2v) is 12.9. The van der Waals surface area contributed by atoms with E-state index in [2.05, 4.69) is 5.32 Å². The number of carbonyl (C=O) groups is 2. The Morgan fingerprint density at radius 3 is 2.20 bits per heavy atom. The SMILES string of the molecule is COc1ccc(Cl)cc1N(CC(=O)N(Cc1ccc(C)cc1)C(C)C(=O)NC(C)(C)C)S(=O)(=O)c1ccccc1. The van der Waals surface area contributed by atoms with Crippen molar-refractivity contribution < 1.29 is 22.7 Å². The molecule has 0 aromatic heterocycles. The number of sulfonamides is 1. The number of nitrogens with one attached hydrogen (secondary N) is 1. The van der Waals surface area contributed by atoms with Crippen molar-refractivity contribution in [3.8, 4) is 5.75 Å². The molecule has 3 aromatic rings. The molecule has 10 heteroatoms. The fraction of sp³-hybridized carbons (Fsp3) is 0.333. The van der Waals surface area contributed by atoms with E-state index < -0.39 is 34.1 Å². The van der Waals surface area contributed by atoms with Gasteiger partial charge >= 0.3 is 0 Å². The summed E-state index contributed by atoms with van der Waals surface area (Å²) in [6.45, 7) is 8.65. The Morgan fingerprint density at radius 1 is 1.00 bits per heavy atom. The highest BCUT2D eigenvalue weighted by Gasteiger charge is 2.34. The van der Waals surface area contributed by atoms with Gasteiger partial charge in [-0.1, -0.05) is 59.6 Å². The van der Waals surface area contributed by atoms with Crippen LogP contribution in [0.5, 0.6) is 5.75 Å². The summed E-state index contributed by atoms with van der Waals surface area (Å²) in [4.78, 5) is 28.6. The molecular formula is C30H36ClN3O5S. The van der Waals surface area contributed by atoms with Gasteiger partial charge in [-0.2, -0.15) is 0 Å². The van der Waals surface area contributed by atoms with Crippen LogP contribution in [0.25, 0.3) is 0 Å². The van der Waals surface area contributed by atoms with Crippen LogP contribution in [-0.2, 0) is 26.2 Å². The van der Waals surface area contributed by atoms with Crippen LogP contribution in [0.3, 0.4) is 0 Å². The van der Waals surface area contributed by atoms with Crippen LogP contribution in [0.1, 0.15) is 38.8 Å². The first-order valence-electron chi connectivity index (χ1n) is 12.8. The lowest BCUT2D eigenvalue weighted by Crippen LogP contribution is -2.54. The minimum Gasteiger partial charge on any atom is -0.495 e. The number of amides is 2. The number of rotatable bonds is 10. The van der Waals surface area contributed by atoms with Crippen molar-refractivity contribution in [3.63, 3.8) is 0 Å². The first-order valence-corrected chi connectivity index (χ1v) is 14.6. The fourth-order valence-electron chi connectivity index (χ4n) is 4.04. The molecule has 214 valence electrons. The summed E-state index contributed by atoms with van der Waals surface area (Å²) in [6.07, 6.45) is 0. The van der Waals surface area contributed by atoms with Crippen molar-refractivity contribution in [2.75, 3.05) is 18.0 Å². The van der Waals surface area contributed by atoms with E-state index in [1.807, 2.05) is 52.0 Å². The number of aryl methyl sites for hydroxylation is 1. The lowest BCUT2D eigenvalue weighted by molar-refractivity contribution is -0.140. The van der Waals surface area contributed by atoms with E-state index >= 15 is 0 Å². The first-order chi connectivity index (χ1) is 18.7. The van der Waals surface area contributed by atoms with Crippen LogP contribution in [0.15, 0.2) is 77.7 Å². The predicted molar refractivity (Wildman–Crippen MR) is 158 cm³/mol. The van der Waals surface area contributed by atoms with E-state index in [4.69, 9.17) is 16.3 Å². The zero-order valence-electron chi connectivity index (χ0n) is 23.6. The van der Waals surface area contributed by atoms with E-state index in [0.717, 1.165) is 15.4 Å². The average molecular weight is 586 g/mol. The molecule has 40 heavy (non-hydrogen) atoms. The Morgan fingerprint density at radius 2 is 1.62 bits per heavy atom. The molecule has 0 fully saturated rings. The molecule has 0 heterocycles. The predicted octanol–water partition coefficient (Wildman–Crippen LogP) is 5.18. The number of hydrogen-bond acceptors (Lipinski definition) is 5. The number of nitrogens with zero attached hydrogens (tertiary/aromatic N) is 2. The molecule has 0 saturated carbocycles. The molecule has 1 atom stereocenters. The van der Waals surface area contributed by atoms with E-state index in [9.17, 15) is 18.0 Å². The summed E-state index contributed by atoms with van der Waals surface area (Å²) in [6, 6.07) is 19.1. The average Bonchev–Trinajstić information content (AvgIpc) is 2.90. The van der Waals surface area contributed by atoms with E-state index in [1.54, 1.807) is 37.3 Å². The first kappa shape index (κ1) is 31.0. The highest BCUT2D eigenvalue weighted by molar-refractivity contribution is 7.92. The normalized spacial score (nSPS) is 12.4. The maximum absolute atomic E-state index is 14.0. The maximum atomic E-state index is 14.0. The summed E-state index contributed by atoms with van der Waals surface area (Å²) in [7, 11) is -2.83. The number of anilines is 1. The van der Waals surface area contributed by atoms with Gasteiger partial charge < -0.3 is 15.0 Å². The van der Waals surface area contributed by atoms with Gasteiger partial charge in [0.15, 0.2) is 0 Å². The van der Waals surface area contributed by atoms with Crippen molar-refractivity contribution in [1.29, 1.82) is 0 Å². The van der Waals surface area contributed by atoms with Gasteiger partial charge in [0, 0.05) is 17.1 Å². The molecule has 0 aliphatic rings. The third kappa shape index (κ3) is 7.76. The second-order valence-electron chi connectivity index (χ2n) is 10.6. The van der Waals surface area contributed by atoms with Gasteiger partial charge in [-0.15, -0.1) is 0 Å². The Balaban J connectivity index is 2.09. The quantitative estimate of drug-likeness (QED) is 0.353. The molecule has 0 bridgehead atoms. The molecule has 1 N–H and O–H groups in total. The molecule has 0 aliphatic heterocycles. The molecule has 8 nitrogen and oxygen atoms in total. The van der Waals surface area contributed by atoms with E-state index in [0.29, 0.717) is 0 Å². The molecule has 0 spiro atoms. The largest absolute Gasteiger partial charge is 0.495 e. The smallest absolute Gasteiger partial charge is 0.264 e. The Hall–Kier alpha value is -3.56. The summed E-state index contributed by atoms with van der Waals surface area (Å²) >= 11 is 6.26. The van der Waals surface area contributed by atoms with Crippen molar-refractivity contribution in [1.82, 2.24) is 10.2 Å². The van der Waals surface area contributed by atoms with Crippen LogP contribution in [0.4, 0.5) is 5.69 Å². The summed E-state index contributed by atoms with van der Waals surface area (Å²) in [5.74, 6) is -0.704. The lowest BCUT2D eigenvalue weighted by Gasteiger charge is -2.33. The summed E-state index contributed by atoms with van der Waals surface area (Å²) < 4.78 is 34.3. The molecule has 0 aliphatic carbocycles. The maximum Gasteiger partial charge on any atom is 0.264 e. The fourth-order valence-corrected chi connectivity index (χ4v) is 5.64. The van der Waals surface area contributed by atoms with Crippen LogP contribution in [0, 0.1) is 6.92 Å². The molecule has 0 saturated heterocycles. The van der Waals surface area contributed by atoms with Gasteiger partial charge in [0.1, 0.15) is 18.3 Å². The highest BCUT2D eigenvalue weighted by Crippen LogP contribution is 2.35. The zero-order valence-corrected chi connectivity index (χ0v) is 25.2. The molecular weight excluding hydrogens is 550 g/mol. The molecule has 2 amide bonds. The minimum atomic E-state index is -4.24. The number of ether oxygens (including phenoxy) is 1. The third-order valence-corrected chi connectivity index (χ3v) is 8.17. The number of methoxy groups -OCH3 is 1. The number of benzene rings is 3. The standard InChI is InChI=1S/C30H36ClN3O5S/c1-21-12-14-23(15-13-21)19-33(22(2)29(36)32-30(3,4)5)28(35)20-34(26-18-24(31)16-17-27(26)39-6)40(37,38)25-10-8-7-9-11-25/h7-18,22H,19-20H2,1-6H3,(H,32,36). The van der Waals surface area contributed by atoms with Gasteiger partial charge in [0.05, 0.1) is 17.7 Å². The van der Waals surface area contributed by atoms with Crippen molar-refractivity contribution >= 4 is 39.1 Å². The van der Waals surface area contributed by atoms with Crippen LogP contribution in [0.2, 0.25) is 5.02 Å². The van der Waals surface area contributed by atoms with E-state index in [1.165, 1.54) is 30.2 Å². The Bertz CT molecular complexity index is 1440. The molecule has 0 radical (unpaired) electrons. The Kier molecular flexibility index (Phi) is 9.87. The van der Waals surface area contributed by atoms with Gasteiger partial charge in [0.25, 0.3) is 10.0 Å². The monoisotopic (exact) mass is 585 g/mol. The van der Waals surface area contributed by atoms with Crippen LogP contribution < -0.4 is 14.4 Å². The zero-order chi connectivity index (χ0) is 29.7. The third-order valence-electron chi connectivity index (χ3n) is 6.16. The number of hydrogen-bond donors (Lipinski definition) is 1. The van der Waals surface area contributed by atoms with Crippen LogP contribution in [-0.4, -0.2) is 50.4 Å².